The normalized spacial score (nSPS) is 12.0. The zero-order valence-electron chi connectivity index (χ0n) is 13.8. The van der Waals surface area contributed by atoms with Crippen LogP contribution >= 0.6 is 11.3 Å². The maximum absolute atomic E-state index is 12.3. The molecule has 1 atom stereocenters. The molecule has 2 rings (SSSR count). The van der Waals surface area contributed by atoms with Gasteiger partial charge in [0.2, 0.25) is 0 Å². The van der Waals surface area contributed by atoms with Gasteiger partial charge in [-0.2, -0.15) is 0 Å². The molecule has 24 heavy (non-hydrogen) atoms. The van der Waals surface area contributed by atoms with Crippen LogP contribution in [-0.2, 0) is 0 Å². The Balaban J connectivity index is 2.12. The molecule has 0 saturated heterocycles. The van der Waals surface area contributed by atoms with Crippen LogP contribution in [0, 0.1) is 10.1 Å². The molecule has 1 aromatic heterocycles. The van der Waals surface area contributed by atoms with E-state index in [1.165, 1.54) is 12.1 Å². The van der Waals surface area contributed by atoms with E-state index in [4.69, 9.17) is 0 Å². The van der Waals surface area contributed by atoms with E-state index in [1.54, 1.807) is 24.5 Å². The van der Waals surface area contributed by atoms with E-state index in [0.29, 0.717) is 12.2 Å². The van der Waals surface area contributed by atoms with Gasteiger partial charge in [0, 0.05) is 30.1 Å². The summed E-state index contributed by atoms with van der Waals surface area (Å²) in [7, 11) is 5.50. The number of amides is 1. The van der Waals surface area contributed by atoms with E-state index in [1.807, 2.05) is 36.5 Å². The number of rotatable bonds is 7. The molecule has 1 aromatic carbocycles. The molecule has 0 bridgehead atoms. The maximum Gasteiger partial charge on any atom is 0.293 e. The summed E-state index contributed by atoms with van der Waals surface area (Å²) < 4.78 is 0. The molecule has 8 heteroatoms. The van der Waals surface area contributed by atoms with Crippen molar-refractivity contribution in [2.24, 2.45) is 0 Å². The molecule has 0 aliphatic heterocycles. The van der Waals surface area contributed by atoms with Gasteiger partial charge in [-0.1, -0.05) is 6.07 Å². The van der Waals surface area contributed by atoms with Crippen LogP contribution in [0.3, 0.4) is 0 Å². The largest absolute Gasteiger partial charge is 0.383 e. The number of benzene rings is 1. The molecule has 0 fully saturated rings. The second kappa shape index (κ2) is 7.89. The summed E-state index contributed by atoms with van der Waals surface area (Å²) in [5.74, 6) is -0.329. The van der Waals surface area contributed by atoms with Crippen molar-refractivity contribution < 1.29 is 9.72 Å². The Morgan fingerprint density at radius 1 is 1.38 bits per heavy atom. The van der Waals surface area contributed by atoms with Gasteiger partial charge in [0.1, 0.15) is 5.69 Å². The number of likely N-dealkylation sites (N-methyl/N-ethyl adjacent to an activating group) is 1. The molecule has 0 spiro atoms. The van der Waals surface area contributed by atoms with Crippen molar-refractivity contribution in [1.82, 2.24) is 10.2 Å². The third kappa shape index (κ3) is 4.09. The van der Waals surface area contributed by atoms with Crippen LogP contribution in [0.2, 0.25) is 0 Å². The molecule has 128 valence electrons. The Bertz CT molecular complexity index is 716. The van der Waals surface area contributed by atoms with Crippen molar-refractivity contribution in [2.45, 2.75) is 6.04 Å². The van der Waals surface area contributed by atoms with Crippen molar-refractivity contribution >= 4 is 28.6 Å². The van der Waals surface area contributed by atoms with Crippen molar-refractivity contribution in [3.8, 4) is 0 Å². The summed E-state index contributed by atoms with van der Waals surface area (Å²) in [6.07, 6.45) is 0. The Kier molecular flexibility index (Phi) is 5.88. The van der Waals surface area contributed by atoms with Crippen molar-refractivity contribution in [3.05, 3.63) is 56.3 Å². The molecule has 2 aromatic rings. The van der Waals surface area contributed by atoms with Gasteiger partial charge < -0.3 is 15.5 Å². The lowest BCUT2D eigenvalue weighted by Gasteiger charge is -2.23. The number of nitrogens with one attached hydrogen (secondary N) is 2. The summed E-state index contributed by atoms with van der Waals surface area (Å²) in [6.45, 7) is 0.425. The summed E-state index contributed by atoms with van der Waals surface area (Å²) in [5, 5.41) is 18.7. The molecule has 0 saturated carbocycles. The van der Waals surface area contributed by atoms with Gasteiger partial charge in [-0.25, -0.2) is 0 Å². The van der Waals surface area contributed by atoms with Crippen molar-refractivity contribution in [3.63, 3.8) is 0 Å². The standard InChI is InChI=1S/C16H20N4O3S/c1-17-12-7-6-11(9-13(12)20(22)23)16(21)18-10-14(19(2)3)15-5-4-8-24-15/h4-9,14,17H,10H2,1-3H3,(H,18,21). The zero-order chi connectivity index (χ0) is 17.7. The fraction of sp³-hybridized carbons (Fsp3) is 0.312. The molecule has 1 amide bonds. The highest BCUT2D eigenvalue weighted by molar-refractivity contribution is 7.10. The number of hydrogen-bond acceptors (Lipinski definition) is 6. The number of nitro groups is 1. The fourth-order valence-corrected chi connectivity index (χ4v) is 3.27. The van der Waals surface area contributed by atoms with Crippen LogP contribution in [-0.4, -0.2) is 43.4 Å². The number of hydrogen-bond donors (Lipinski definition) is 2. The highest BCUT2D eigenvalue weighted by Crippen LogP contribution is 2.25. The second-order valence-electron chi connectivity index (χ2n) is 5.44. The zero-order valence-corrected chi connectivity index (χ0v) is 14.6. The molecule has 7 nitrogen and oxygen atoms in total. The molecule has 0 radical (unpaired) electrons. The quantitative estimate of drug-likeness (QED) is 0.593. The molecular weight excluding hydrogens is 328 g/mol. The van der Waals surface area contributed by atoms with E-state index in [2.05, 4.69) is 10.6 Å². The SMILES string of the molecule is CNc1ccc(C(=O)NCC(c2cccs2)N(C)C)cc1[N+](=O)[O-]. The Morgan fingerprint density at radius 3 is 2.67 bits per heavy atom. The summed E-state index contributed by atoms with van der Waals surface area (Å²) in [5.41, 5.74) is 0.526. The van der Waals surface area contributed by atoms with Crippen LogP contribution in [0.4, 0.5) is 11.4 Å². The van der Waals surface area contributed by atoms with Gasteiger partial charge in [-0.3, -0.25) is 14.9 Å². The van der Waals surface area contributed by atoms with Gasteiger partial charge >= 0.3 is 0 Å². The van der Waals surface area contributed by atoms with Gasteiger partial charge in [0.25, 0.3) is 11.6 Å². The first kappa shape index (κ1) is 17.9. The monoisotopic (exact) mass is 348 g/mol. The fourth-order valence-electron chi connectivity index (χ4n) is 2.35. The number of carbonyl (C=O) groups is 1. The molecule has 2 N–H and O–H groups in total. The van der Waals surface area contributed by atoms with Gasteiger partial charge in [0.15, 0.2) is 0 Å². The topological polar surface area (TPSA) is 87.5 Å². The number of thiophene rings is 1. The van der Waals surface area contributed by atoms with Crippen LogP contribution < -0.4 is 10.6 Å². The first-order valence-electron chi connectivity index (χ1n) is 7.38. The number of anilines is 1. The van der Waals surface area contributed by atoms with Gasteiger partial charge in [0.05, 0.1) is 11.0 Å². The van der Waals surface area contributed by atoms with Crippen molar-refractivity contribution in [2.75, 3.05) is 33.0 Å². The number of nitro benzene ring substituents is 1. The molecule has 1 heterocycles. The van der Waals surface area contributed by atoms with E-state index in [-0.39, 0.29) is 23.2 Å². The van der Waals surface area contributed by atoms with Crippen LogP contribution in [0.25, 0.3) is 0 Å². The highest BCUT2D eigenvalue weighted by Gasteiger charge is 2.19. The highest BCUT2D eigenvalue weighted by atomic mass is 32.1. The minimum absolute atomic E-state index is 0.0560. The molecule has 1 unspecified atom stereocenters. The Morgan fingerprint density at radius 2 is 2.12 bits per heavy atom. The predicted molar refractivity (Wildman–Crippen MR) is 95.7 cm³/mol. The molecular formula is C16H20N4O3S. The van der Waals surface area contributed by atoms with E-state index in [0.717, 1.165) is 4.88 Å². The van der Waals surface area contributed by atoms with Gasteiger partial charge in [-0.15, -0.1) is 11.3 Å². The minimum Gasteiger partial charge on any atom is -0.383 e. The third-order valence-electron chi connectivity index (χ3n) is 3.68. The smallest absolute Gasteiger partial charge is 0.293 e. The average Bonchev–Trinajstić information content (AvgIpc) is 3.08. The number of nitrogens with zero attached hydrogens (tertiary/aromatic N) is 2. The second-order valence-corrected chi connectivity index (χ2v) is 6.42. The van der Waals surface area contributed by atoms with Gasteiger partial charge in [-0.05, 0) is 37.7 Å². The summed E-state index contributed by atoms with van der Waals surface area (Å²) >= 11 is 1.63. The minimum atomic E-state index is -0.503. The predicted octanol–water partition coefficient (Wildman–Crippen LogP) is 2.73. The molecule has 0 aliphatic carbocycles. The van der Waals surface area contributed by atoms with Crippen LogP contribution in [0.15, 0.2) is 35.7 Å². The van der Waals surface area contributed by atoms with Crippen LogP contribution in [0.5, 0.6) is 0 Å². The molecule has 0 aliphatic rings. The third-order valence-corrected chi connectivity index (χ3v) is 4.65. The van der Waals surface area contributed by atoms with E-state index >= 15 is 0 Å². The van der Waals surface area contributed by atoms with E-state index in [9.17, 15) is 14.9 Å². The van der Waals surface area contributed by atoms with E-state index < -0.39 is 4.92 Å². The Labute approximate surface area is 144 Å². The lowest BCUT2D eigenvalue weighted by molar-refractivity contribution is -0.384. The van der Waals surface area contributed by atoms with Crippen molar-refractivity contribution in [1.29, 1.82) is 0 Å². The average molecular weight is 348 g/mol. The summed E-state index contributed by atoms with van der Waals surface area (Å²) in [4.78, 5) is 26.1. The Hall–Kier alpha value is -2.45. The lowest BCUT2D eigenvalue weighted by Crippen LogP contribution is -2.34. The first-order valence-corrected chi connectivity index (χ1v) is 8.26. The lowest BCUT2D eigenvalue weighted by atomic mass is 10.1. The summed E-state index contributed by atoms with van der Waals surface area (Å²) in [6, 6.07) is 8.45. The number of carbonyl (C=O) groups excluding carboxylic acids is 1. The first-order chi connectivity index (χ1) is 11.4. The maximum atomic E-state index is 12.3. The van der Waals surface area contributed by atoms with Crippen LogP contribution in [0.1, 0.15) is 21.3 Å².